The number of amides is 2. The fourth-order valence-electron chi connectivity index (χ4n) is 4.33. The summed E-state index contributed by atoms with van der Waals surface area (Å²) in [5, 5.41) is 16.0. The van der Waals surface area contributed by atoms with E-state index in [-0.39, 0.29) is 30.9 Å². The van der Waals surface area contributed by atoms with E-state index < -0.39 is 6.04 Å². The van der Waals surface area contributed by atoms with E-state index in [9.17, 15) is 14.7 Å². The molecular weight excluding hydrogens is 520 g/mol. The van der Waals surface area contributed by atoms with Crippen molar-refractivity contribution in [2.24, 2.45) is 4.99 Å². The summed E-state index contributed by atoms with van der Waals surface area (Å²) < 4.78 is 5.18. The van der Waals surface area contributed by atoms with E-state index in [2.05, 4.69) is 25.6 Å². The molecule has 2 aromatic carbocycles. The molecule has 0 bridgehead atoms. The molecule has 198 valence electrons. The summed E-state index contributed by atoms with van der Waals surface area (Å²) in [5.74, 6) is -0.358. The standard InChI is InChI=1S/C28H25ClN6O4/c1-17-3-2-4-18(9-17)24(15-36)33-25(37)14-35-13-20-6-5-19(10-22(20)27(35)38)26-23(29)12-31-28(34-26)32-21-11-30-7-8-39-16-21/h2-12,16,24,36H,13-15H2,1H3,(H,33,37)(H,31,32,34)/t24-/m1/s1. The first kappa shape index (κ1) is 26.1. The van der Waals surface area contributed by atoms with Crippen LogP contribution in [0.15, 0.2) is 78.1 Å². The fourth-order valence-corrected chi connectivity index (χ4v) is 4.53. The number of rotatable bonds is 8. The van der Waals surface area contributed by atoms with Crippen molar-refractivity contribution in [3.8, 4) is 11.3 Å². The number of hydrogen-bond donors (Lipinski definition) is 3. The summed E-state index contributed by atoms with van der Waals surface area (Å²) in [4.78, 5) is 40.2. The van der Waals surface area contributed by atoms with Crippen LogP contribution in [0.2, 0.25) is 5.02 Å². The molecule has 5 rings (SSSR count). The van der Waals surface area contributed by atoms with Crippen LogP contribution in [0.3, 0.4) is 0 Å². The SMILES string of the molecule is Cc1cccc([C@@H](CO)NC(=O)CN2Cc3ccc(-c4nc(NC5=COC=CN=C5)ncc4Cl)cc3C2=O)c1. The van der Waals surface area contributed by atoms with Gasteiger partial charge in [0.15, 0.2) is 0 Å². The monoisotopic (exact) mass is 544 g/mol. The van der Waals surface area contributed by atoms with Crippen molar-refractivity contribution in [1.82, 2.24) is 20.2 Å². The number of benzene rings is 2. The number of aryl methyl sites for hydroxylation is 1. The van der Waals surface area contributed by atoms with Crippen LogP contribution in [-0.2, 0) is 16.1 Å². The molecule has 3 N–H and O–H groups in total. The van der Waals surface area contributed by atoms with Gasteiger partial charge in [0.05, 0.1) is 47.7 Å². The van der Waals surface area contributed by atoms with Gasteiger partial charge in [0.25, 0.3) is 5.91 Å². The molecule has 2 amide bonds. The maximum absolute atomic E-state index is 13.2. The number of hydrogen-bond acceptors (Lipinski definition) is 8. The van der Waals surface area contributed by atoms with Crippen molar-refractivity contribution >= 4 is 35.6 Å². The second-order valence-corrected chi connectivity index (χ2v) is 9.44. The van der Waals surface area contributed by atoms with Crippen molar-refractivity contribution in [2.45, 2.75) is 19.5 Å². The van der Waals surface area contributed by atoms with Crippen molar-refractivity contribution in [2.75, 3.05) is 18.5 Å². The third-order valence-corrected chi connectivity index (χ3v) is 6.47. The van der Waals surface area contributed by atoms with Gasteiger partial charge in [-0.3, -0.25) is 14.6 Å². The van der Waals surface area contributed by atoms with Gasteiger partial charge in [-0.25, -0.2) is 9.97 Å². The fraction of sp³-hybridized carbons (Fsp3) is 0.179. The largest absolute Gasteiger partial charge is 0.469 e. The molecule has 11 heteroatoms. The number of nitrogens with zero attached hydrogens (tertiary/aromatic N) is 4. The number of fused-ring (bicyclic) bond motifs is 1. The second kappa shape index (κ2) is 11.5. The van der Waals surface area contributed by atoms with Crippen molar-refractivity contribution in [3.05, 3.63) is 100 Å². The smallest absolute Gasteiger partial charge is 0.254 e. The number of aromatic nitrogens is 2. The molecule has 39 heavy (non-hydrogen) atoms. The molecular formula is C28H25ClN6O4. The van der Waals surface area contributed by atoms with Crippen LogP contribution < -0.4 is 10.6 Å². The molecule has 2 aliphatic heterocycles. The Bertz CT molecular complexity index is 1520. The lowest BCUT2D eigenvalue weighted by Crippen LogP contribution is -2.40. The van der Waals surface area contributed by atoms with E-state index in [0.29, 0.717) is 34.1 Å². The van der Waals surface area contributed by atoms with E-state index >= 15 is 0 Å². The number of carbonyl (C=O) groups is 2. The summed E-state index contributed by atoms with van der Waals surface area (Å²) in [5.41, 5.74) is 4.70. The quantitative estimate of drug-likeness (QED) is 0.394. The van der Waals surface area contributed by atoms with E-state index in [0.717, 1.165) is 16.7 Å². The molecule has 0 aliphatic carbocycles. The Labute approximate surface area is 229 Å². The number of allylic oxidation sites excluding steroid dienone is 1. The minimum Gasteiger partial charge on any atom is -0.469 e. The molecule has 0 spiro atoms. The molecule has 0 radical (unpaired) electrons. The van der Waals surface area contributed by atoms with Gasteiger partial charge in [-0.15, -0.1) is 0 Å². The predicted octanol–water partition coefficient (Wildman–Crippen LogP) is 3.74. The molecule has 3 aromatic rings. The van der Waals surface area contributed by atoms with Crippen molar-refractivity contribution in [3.63, 3.8) is 0 Å². The number of ether oxygens (including phenoxy) is 1. The van der Waals surface area contributed by atoms with Gasteiger partial charge >= 0.3 is 0 Å². The van der Waals surface area contributed by atoms with Gasteiger partial charge in [0.1, 0.15) is 19.1 Å². The van der Waals surface area contributed by atoms with Gasteiger partial charge in [-0.05, 0) is 24.1 Å². The predicted molar refractivity (Wildman–Crippen MR) is 147 cm³/mol. The van der Waals surface area contributed by atoms with Crippen molar-refractivity contribution < 1.29 is 19.4 Å². The zero-order valence-corrected chi connectivity index (χ0v) is 21.7. The lowest BCUT2D eigenvalue weighted by Gasteiger charge is -2.20. The Morgan fingerprint density at radius 2 is 2.13 bits per heavy atom. The molecule has 0 saturated carbocycles. The number of aliphatic hydroxyl groups excluding tert-OH is 1. The molecule has 1 aromatic heterocycles. The molecule has 0 saturated heterocycles. The maximum atomic E-state index is 13.2. The Morgan fingerprint density at radius 3 is 2.95 bits per heavy atom. The average molecular weight is 545 g/mol. The highest BCUT2D eigenvalue weighted by Gasteiger charge is 2.30. The molecule has 10 nitrogen and oxygen atoms in total. The first-order valence-corrected chi connectivity index (χ1v) is 12.5. The van der Waals surface area contributed by atoms with Crippen molar-refractivity contribution in [1.29, 1.82) is 0 Å². The minimum atomic E-state index is -0.561. The first-order chi connectivity index (χ1) is 18.9. The van der Waals surface area contributed by atoms with Crippen LogP contribution in [0.25, 0.3) is 11.3 Å². The second-order valence-electron chi connectivity index (χ2n) is 9.04. The summed E-state index contributed by atoms with van der Waals surface area (Å²) >= 11 is 6.41. The van der Waals surface area contributed by atoms with Gasteiger partial charge in [-0.2, -0.15) is 0 Å². The Kier molecular flexibility index (Phi) is 7.67. The van der Waals surface area contributed by atoms with Crippen LogP contribution in [0, 0.1) is 6.92 Å². The molecule has 2 aliphatic rings. The molecule has 0 fully saturated rings. The maximum Gasteiger partial charge on any atom is 0.254 e. The number of nitrogens with one attached hydrogen (secondary N) is 2. The third kappa shape index (κ3) is 5.97. The third-order valence-electron chi connectivity index (χ3n) is 6.19. The van der Waals surface area contributed by atoms with Crippen LogP contribution in [0.5, 0.6) is 0 Å². The lowest BCUT2D eigenvalue weighted by molar-refractivity contribution is -0.122. The van der Waals surface area contributed by atoms with Gasteiger partial charge in [0.2, 0.25) is 11.9 Å². The zero-order chi connectivity index (χ0) is 27.4. The van der Waals surface area contributed by atoms with Crippen LogP contribution in [0.4, 0.5) is 5.95 Å². The van der Waals surface area contributed by atoms with Gasteiger partial charge < -0.3 is 25.4 Å². The van der Waals surface area contributed by atoms with Gasteiger partial charge in [0, 0.05) is 17.7 Å². The number of aliphatic hydroxyl groups is 1. The zero-order valence-electron chi connectivity index (χ0n) is 21.0. The van der Waals surface area contributed by atoms with E-state index in [1.165, 1.54) is 29.8 Å². The van der Waals surface area contributed by atoms with Crippen LogP contribution >= 0.6 is 11.6 Å². The Balaban J connectivity index is 1.29. The minimum absolute atomic E-state index is 0.138. The number of aliphatic imine (C=N–C) groups is 1. The van der Waals surface area contributed by atoms with Gasteiger partial charge in [-0.1, -0.05) is 53.6 Å². The summed E-state index contributed by atoms with van der Waals surface area (Å²) in [6.07, 6.45) is 7.43. The summed E-state index contributed by atoms with van der Waals surface area (Å²) in [6.45, 7) is 1.84. The topological polar surface area (TPSA) is 129 Å². The summed E-state index contributed by atoms with van der Waals surface area (Å²) in [7, 11) is 0. The average Bonchev–Trinajstić information content (AvgIpc) is 3.07. The van der Waals surface area contributed by atoms with E-state index in [1.54, 1.807) is 12.3 Å². The summed E-state index contributed by atoms with van der Waals surface area (Å²) in [6, 6.07) is 12.4. The highest BCUT2D eigenvalue weighted by molar-refractivity contribution is 6.33. The molecule has 1 atom stereocenters. The molecule has 3 heterocycles. The Morgan fingerprint density at radius 1 is 1.26 bits per heavy atom. The first-order valence-electron chi connectivity index (χ1n) is 12.1. The normalized spacial score (nSPS) is 14.8. The number of carbonyl (C=O) groups excluding carboxylic acids is 2. The highest BCUT2D eigenvalue weighted by Crippen LogP contribution is 2.31. The van der Waals surface area contributed by atoms with E-state index in [1.807, 2.05) is 43.3 Å². The lowest BCUT2D eigenvalue weighted by atomic mass is 10.0. The van der Waals surface area contributed by atoms with Crippen LogP contribution in [0.1, 0.15) is 33.1 Å². The van der Waals surface area contributed by atoms with Crippen LogP contribution in [-0.4, -0.2) is 51.2 Å². The highest BCUT2D eigenvalue weighted by atomic mass is 35.5. The Hall–Kier alpha value is -4.54. The number of anilines is 1. The molecule has 0 unspecified atom stereocenters. The number of halogens is 1. The van der Waals surface area contributed by atoms with E-state index in [4.69, 9.17) is 16.3 Å².